The van der Waals surface area contributed by atoms with Gasteiger partial charge in [0.05, 0.1) is 6.54 Å². The fourth-order valence-corrected chi connectivity index (χ4v) is 2.48. The summed E-state index contributed by atoms with van der Waals surface area (Å²) in [7, 11) is 1.70. The number of hydrogen-bond acceptors (Lipinski definition) is 2. The van der Waals surface area contributed by atoms with E-state index in [1.54, 1.807) is 7.05 Å². The highest BCUT2D eigenvalue weighted by Crippen LogP contribution is 2.20. The van der Waals surface area contributed by atoms with Gasteiger partial charge in [-0.15, -0.1) is 0 Å². The molecule has 0 radical (unpaired) electrons. The Labute approximate surface area is 103 Å². The molecule has 1 fully saturated rings. The maximum absolute atomic E-state index is 11.4. The summed E-state index contributed by atoms with van der Waals surface area (Å²) >= 11 is 0. The van der Waals surface area contributed by atoms with E-state index in [0.717, 1.165) is 13.0 Å². The lowest BCUT2D eigenvalue weighted by molar-refractivity contribution is -0.121. The molecule has 1 N–H and O–H groups in total. The van der Waals surface area contributed by atoms with Crippen molar-refractivity contribution in [2.75, 3.05) is 20.1 Å². The van der Waals surface area contributed by atoms with Gasteiger partial charge in [-0.25, -0.2) is 0 Å². The Morgan fingerprint density at radius 1 is 1.41 bits per heavy atom. The zero-order chi connectivity index (χ0) is 12.1. The molecule has 0 aliphatic carbocycles. The second kappa shape index (κ2) is 5.82. The SMILES string of the molecule is CNC(=O)CN1CCC[C@H]1Cc1ccccc1. The normalized spacial score (nSPS) is 20.4. The summed E-state index contributed by atoms with van der Waals surface area (Å²) in [5.74, 6) is 0.116. The standard InChI is InChI=1S/C14H20N2O/c1-15-14(17)11-16-9-5-8-13(16)10-12-6-3-2-4-7-12/h2-4,6-7,13H,5,8-11H2,1H3,(H,15,17)/t13-/m0/s1. The predicted molar refractivity (Wildman–Crippen MR) is 68.8 cm³/mol. The molecule has 1 aliphatic heterocycles. The van der Waals surface area contributed by atoms with Crippen LogP contribution in [0.25, 0.3) is 0 Å². The number of rotatable bonds is 4. The van der Waals surface area contributed by atoms with E-state index in [0.29, 0.717) is 12.6 Å². The molecule has 1 aliphatic rings. The van der Waals surface area contributed by atoms with Gasteiger partial charge in [0.1, 0.15) is 0 Å². The van der Waals surface area contributed by atoms with E-state index in [9.17, 15) is 4.79 Å². The van der Waals surface area contributed by atoms with Gasteiger partial charge in [0.25, 0.3) is 0 Å². The lowest BCUT2D eigenvalue weighted by atomic mass is 10.0. The van der Waals surface area contributed by atoms with Crippen LogP contribution in [0.5, 0.6) is 0 Å². The Morgan fingerprint density at radius 2 is 2.18 bits per heavy atom. The van der Waals surface area contributed by atoms with Crippen molar-refractivity contribution in [3.8, 4) is 0 Å². The first-order valence-corrected chi connectivity index (χ1v) is 6.28. The van der Waals surface area contributed by atoms with Gasteiger partial charge in [-0.2, -0.15) is 0 Å². The van der Waals surface area contributed by atoms with E-state index in [-0.39, 0.29) is 5.91 Å². The predicted octanol–water partition coefficient (Wildman–Crippen LogP) is 1.44. The third-order valence-electron chi connectivity index (χ3n) is 3.44. The summed E-state index contributed by atoms with van der Waals surface area (Å²) in [6.07, 6.45) is 3.46. The van der Waals surface area contributed by atoms with Crippen LogP contribution >= 0.6 is 0 Å². The van der Waals surface area contributed by atoms with Crippen molar-refractivity contribution in [1.29, 1.82) is 0 Å². The summed E-state index contributed by atoms with van der Waals surface area (Å²) in [6.45, 7) is 1.58. The van der Waals surface area contributed by atoms with Gasteiger partial charge in [-0.05, 0) is 31.4 Å². The van der Waals surface area contributed by atoms with Crippen molar-refractivity contribution in [2.24, 2.45) is 0 Å². The molecule has 1 atom stereocenters. The average molecular weight is 232 g/mol. The Morgan fingerprint density at radius 3 is 2.88 bits per heavy atom. The van der Waals surface area contributed by atoms with E-state index in [2.05, 4.69) is 34.5 Å². The van der Waals surface area contributed by atoms with E-state index in [1.165, 1.54) is 18.4 Å². The Bertz CT molecular complexity index is 364. The molecule has 92 valence electrons. The maximum Gasteiger partial charge on any atom is 0.233 e. The molecular formula is C14H20N2O. The van der Waals surface area contributed by atoms with Gasteiger partial charge >= 0.3 is 0 Å². The van der Waals surface area contributed by atoms with Crippen LogP contribution in [0.2, 0.25) is 0 Å². The van der Waals surface area contributed by atoms with Crippen LogP contribution in [0.1, 0.15) is 18.4 Å². The number of benzene rings is 1. The minimum absolute atomic E-state index is 0.116. The lowest BCUT2D eigenvalue weighted by Crippen LogP contribution is -2.39. The summed E-state index contributed by atoms with van der Waals surface area (Å²) in [6, 6.07) is 11.0. The number of hydrogen-bond donors (Lipinski definition) is 1. The van der Waals surface area contributed by atoms with Gasteiger partial charge in [-0.1, -0.05) is 30.3 Å². The molecule has 17 heavy (non-hydrogen) atoms. The second-order valence-electron chi connectivity index (χ2n) is 4.63. The monoisotopic (exact) mass is 232 g/mol. The van der Waals surface area contributed by atoms with E-state index in [1.807, 2.05) is 6.07 Å². The number of likely N-dealkylation sites (N-methyl/N-ethyl adjacent to an activating group) is 1. The summed E-state index contributed by atoms with van der Waals surface area (Å²) in [4.78, 5) is 13.7. The van der Waals surface area contributed by atoms with Crippen molar-refractivity contribution >= 4 is 5.91 Å². The topological polar surface area (TPSA) is 32.3 Å². The molecule has 0 unspecified atom stereocenters. The average Bonchev–Trinajstić information content (AvgIpc) is 2.78. The van der Waals surface area contributed by atoms with Crippen LogP contribution < -0.4 is 5.32 Å². The Kier molecular flexibility index (Phi) is 4.15. The van der Waals surface area contributed by atoms with Gasteiger partial charge < -0.3 is 5.32 Å². The van der Waals surface area contributed by atoms with Crippen molar-refractivity contribution in [3.63, 3.8) is 0 Å². The number of carbonyl (C=O) groups excluding carboxylic acids is 1. The Balaban J connectivity index is 1.93. The van der Waals surface area contributed by atoms with Crippen molar-refractivity contribution in [1.82, 2.24) is 10.2 Å². The number of nitrogens with zero attached hydrogens (tertiary/aromatic N) is 1. The zero-order valence-electron chi connectivity index (χ0n) is 10.4. The minimum Gasteiger partial charge on any atom is -0.358 e. The second-order valence-corrected chi connectivity index (χ2v) is 4.63. The molecule has 1 amide bonds. The molecule has 1 saturated heterocycles. The van der Waals surface area contributed by atoms with Gasteiger partial charge in [-0.3, -0.25) is 9.69 Å². The fraction of sp³-hybridized carbons (Fsp3) is 0.500. The molecule has 0 spiro atoms. The minimum atomic E-state index is 0.116. The van der Waals surface area contributed by atoms with Crippen LogP contribution in [-0.4, -0.2) is 37.0 Å². The number of likely N-dealkylation sites (tertiary alicyclic amines) is 1. The molecule has 0 saturated carbocycles. The van der Waals surface area contributed by atoms with E-state index in [4.69, 9.17) is 0 Å². The largest absolute Gasteiger partial charge is 0.358 e. The quantitative estimate of drug-likeness (QED) is 0.852. The number of carbonyl (C=O) groups is 1. The highest BCUT2D eigenvalue weighted by atomic mass is 16.1. The number of nitrogens with one attached hydrogen (secondary N) is 1. The molecule has 1 aromatic carbocycles. The smallest absolute Gasteiger partial charge is 0.233 e. The van der Waals surface area contributed by atoms with Crippen molar-refractivity contribution in [3.05, 3.63) is 35.9 Å². The molecular weight excluding hydrogens is 212 g/mol. The van der Waals surface area contributed by atoms with Gasteiger partial charge in [0.15, 0.2) is 0 Å². The first-order chi connectivity index (χ1) is 8.29. The molecule has 1 aromatic rings. The first-order valence-electron chi connectivity index (χ1n) is 6.28. The third kappa shape index (κ3) is 3.30. The first kappa shape index (κ1) is 12.1. The van der Waals surface area contributed by atoms with Gasteiger partial charge in [0.2, 0.25) is 5.91 Å². The molecule has 2 rings (SSSR count). The molecule has 0 bridgehead atoms. The lowest BCUT2D eigenvalue weighted by Gasteiger charge is -2.23. The molecule has 3 nitrogen and oxygen atoms in total. The Hall–Kier alpha value is -1.35. The van der Waals surface area contributed by atoms with E-state index >= 15 is 0 Å². The molecule has 3 heteroatoms. The third-order valence-corrected chi connectivity index (χ3v) is 3.44. The van der Waals surface area contributed by atoms with Crippen LogP contribution in [-0.2, 0) is 11.2 Å². The maximum atomic E-state index is 11.4. The van der Waals surface area contributed by atoms with Crippen LogP contribution in [0.3, 0.4) is 0 Å². The van der Waals surface area contributed by atoms with Crippen LogP contribution in [0, 0.1) is 0 Å². The van der Waals surface area contributed by atoms with Gasteiger partial charge in [0, 0.05) is 13.1 Å². The number of amides is 1. The zero-order valence-corrected chi connectivity index (χ0v) is 10.4. The highest BCUT2D eigenvalue weighted by molar-refractivity contribution is 5.77. The summed E-state index contributed by atoms with van der Waals surface area (Å²) in [5, 5.41) is 2.70. The van der Waals surface area contributed by atoms with Crippen LogP contribution in [0.15, 0.2) is 30.3 Å². The van der Waals surface area contributed by atoms with E-state index < -0.39 is 0 Å². The molecule has 0 aromatic heterocycles. The van der Waals surface area contributed by atoms with Crippen molar-refractivity contribution < 1.29 is 4.79 Å². The van der Waals surface area contributed by atoms with Crippen LogP contribution in [0.4, 0.5) is 0 Å². The summed E-state index contributed by atoms with van der Waals surface area (Å²) in [5.41, 5.74) is 1.36. The fourth-order valence-electron chi connectivity index (χ4n) is 2.48. The summed E-state index contributed by atoms with van der Waals surface area (Å²) < 4.78 is 0. The van der Waals surface area contributed by atoms with Crippen molar-refractivity contribution in [2.45, 2.75) is 25.3 Å². The highest BCUT2D eigenvalue weighted by Gasteiger charge is 2.25. The molecule has 1 heterocycles.